The van der Waals surface area contributed by atoms with E-state index >= 15 is 0 Å². The van der Waals surface area contributed by atoms with Crippen LogP contribution in [0.15, 0.2) is 28.9 Å². The molecule has 7 nitrogen and oxygen atoms in total. The maximum atomic E-state index is 11.8. The van der Waals surface area contributed by atoms with E-state index in [1.807, 2.05) is 0 Å². The molecule has 0 aliphatic heterocycles. The molecule has 0 radical (unpaired) electrons. The number of carbonyl (C=O) groups excluding carboxylic acids is 1. The van der Waals surface area contributed by atoms with Gasteiger partial charge in [-0.3, -0.25) is 4.79 Å². The van der Waals surface area contributed by atoms with Gasteiger partial charge < -0.3 is 20.1 Å². The number of aromatic nitrogens is 1. The maximum Gasteiger partial charge on any atom is 0.335 e. The van der Waals surface area contributed by atoms with E-state index in [1.165, 1.54) is 18.3 Å². The lowest BCUT2D eigenvalue weighted by atomic mass is 10.2. The van der Waals surface area contributed by atoms with E-state index in [2.05, 4.69) is 10.5 Å². The Morgan fingerprint density at radius 2 is 2.11 bits per heavy atom. The number of rotatable bonds is 3. The SMILES string of the molecule is Cc1oncc1C(=O)Nc1ccc(C(=O)O)cc1O. The van der Waals surface area contributed by atoms with Crippen LogP contribution in [0, 0.1) is 6.92 Å². The van der Waals surface area contributed by atoms with Crippen LogP contribution in [-0.2, 0) is 0 Å². The monoisotopic (exact) mass is 262 g/mol. The zero-order valence-corrected chi connectivity index (χ0v) is 9.88. The normalized spacial score (nSPS) is 10.2. The highest BCUT2D eigenvalue weighted by Gasteiger charge is 2.15. The van der Waals surface area contributed by atoms with E-state index in [1.54, 1.807) is 6.92 Å². The molecule has 0 saturated heterocycles. The third-order valence-corrected chi connectivity index (χ3v) is 2.49. The number of carboxylic acid groups (broad SMARTS) is 1. The molecule has 19 heavy (non-hydrogen) atoms. The van der Waals surface area contributed by atoms with Crippen molar-refractivity contribution < 1.29 is 24.3 Å². The number of aryl methyl sites for hydroxylation is 1. The molecule has 0 aliphatic rings. The Kier molecular flexibility index (Phi) is 3.19. The second-order valence-electron chi connectivity index (χ2n) is 3.79. The first-order valence-electron chi connectivity index (χ1n) is 5.28. The zero-order valence-electron chi connectivity index (χ0n) is 9.88. The van der Waals surface area contributed by atoms with Crippen LogP contribution in [0.5, 0.6) is 5.75 Å². The van der Waals surface area contributed by atoms with Gasteiger partial charge in [-0.2, -0.15) is 0 Å². The van der Waals surface area contributed by atoms with Gasteiger partial charge in [0.25, 0.3) is 5.91 Å². The summed E-state index contributed by atoms with van der Waals surface area (Å²) in [4.78, 5) is 22.5. The molecule has 0 saturated carbocycles. The van der Waals surface area contributed by atoms with Gasteiger partial charge >= 0.3 is 5.97 Å². The average molecular weight is 262 g/mol. The molecular weight excluding hydrogens is 252 g/mol. The van der Waals surface area contributed by atoms with Crippen LogP contribution in [0.4, 0.5) is 5.69 Å². The molecule has 0 unspecified atom stereocenters. The second kappa shape index (κ2) is 4.81. The van der Waals surface area contributed by atoms with Gasteiger partial charge in [0.1, 0.15) is 17.1 Å². The fourth-order valence-electron chi connectivity index (χ4n) is 1.48. The minimum Gasteiger partial charge on any atom is -0.506 e. The highest BCUT2D eigenvalue weighted by atomic mass is 16.5. The number of carbonyl (C=O) groups is 2. The van der Waals surface area contributed by atoms with Crippen LogP contribution in [0.3, 0.4) is 0 Å². The van der Waals surface area contributed by atoms with Gasteiger partial charge in [-0.25, -0.2) is 4.79 Å². The first kappa shape index (κ1) is 12.6. The lowest BCUT2D eigenvalue weighted by Crippen LogP contribution is -2.12. The highest BCUT2D eigenvalue weighted by Crippen LogP contribution is 2.25. The van der Waals surface area contributed by atoms with Crippen LogP contribution >= 0.6 is 0 Å². The molecule has 2 rings (SSSR count). The summed E-state index contributed by atoms with van der Waals surface area (Å²) in [5.41, 5.74) is 0.272. The molecule has 1 aromatic carbocycles. The van der Waals surface area contributed by atoms with E-state index < -0.39 is 11.9 Å². The number of hydrogen-bond acceptors (Lipinski definition) is 5. The van der Waals surface area contributed by atoms with Crippen LogP contribution in [0.25, 0.3) is 0 Å². The average Bonchev–Trinajstić information content (AvgIpc) is 2.77. The molecule has 1 heterocycles. The number of carboxylic acids is 1. The van der Waals surface area contributed by atoms with Crippen molar-refractivity contribution in [3.05, 3.63) is 41.3 Å². The van der Waals surface area contributed by atoms with Crippen molar-refractivity contribution in [3.8, 4) is 5.75 Å². The predicted molar refractivity (Wildman–Crippen MR) is 64.3 cm³/mol. The first-order valence-corrected chi connectivity index (χ1v) is 5.28. The molecule has 0 aliphatic carbocycles. The minimum atomic E-state index is -1.16. The Hall–Kier alpha value is -2.83. The number of aromatic carboxylic acids is 1. The number of nitrogens with one attached hydrogen (secondary N) is 1. The van der Waals surface area contributed by atoms with Crippen LogP contribution in [0.1, 0.15) is 26.5 Å². The Labute approximate surface area is 107 Å². The Morgan fingerprint density at radius 3 is 2.63 bits per heavy atom. The molecule has 0 atom stereocenters. The van der Waals surface area contributed by atoms with Crippen molar-refractivity contribution in [2.24, 2.45) is 0 Å². The lowest BCUT2D eigenvalue weighted by molar-refractivity contribution is 0.0696. The second-order valence-corrected chi connectivity index (χ2v) is 3.79. The topological polar surface area (TPSA) is 113 Å². The third-order valence-electron chi connectivity index (χ3n) is 2.49. The van der Waals surface area contributed by atoms with Gasteiger partial charge in [0, 0.05) is 0 Å². The predicted octanol–water partition coefficient (Wildman–Crippen LogP) is 1.64. The van der Waals surface area contributed by atoms with E-state index in [0.717, 1.165) is 6.07 Å². The smallest absolute Gasteiger partial charge is 0.335 e. The maximum absolute atomic E-state index is 11.8. The fourth-order valence-corrected chi connectivity index (χ4v) is 1.48. The molecule has 3 N–H and O–H groups in total. The Balaban J connectivity index is 2.23. The number of benzene rings is 1. The van der Waals surface area contributed by atoms with Gasteiger partial charge in [0.15, 0.2) is 0 Å². The fraction of sp³-hybridized carbons (Fsp3) is 0.0833. The standard InChI is InChI=1S/C12H10N2O5/c1-6-8(5-13-19-6)11(16)14-9-3-2-7(12(17)18)4-10(9)15/h2-5,15H,1H3,(H,14,16)(H,17,18). The Bertz CT molecular complexity index is 647. The van der Waals surface area contributed by atoms with Gasteiger partial charge in [0.05, 0.1) is 17.4 Å². The lowest BCUT2D eigenvalue weighted by Gasteiger charge is -2.07. The highest BCUT2D eigenvalue weighted by molar-refractivity contribution is 6.05. The van der Waals surface area contributed by atoms with E-state index in [4.69, 9.17) is 9.63 Å². The first-order chi connectivity index (χ1) is 8.99. The largest absolute Gasteiger partial charge is 0.506 e. The number of amides is 1. The molecule has 0 spiro atoms. The quantitative estimate of drug-likeness (QED) is 0.725. The molecule has 2 aromatic rings. The summed E-state index contributed by atoms with van der Waals surface area (Å²) in [6.07, 6.45) is 1.26. The van der Waals surface area contributed by atoms with Crippen molar-refractivity contribution in [3.63, 3.8) is 0 Å². The summed E-state index contributed by atoms with van der Waals surface area (Å²) in [5, 5.41) is 24.3. The summed E-state index contributed by atoms with van der Waals surface area (Å²) < 4.78 is 4.75. The van der Waals surface area contributed by atoms with E-state index in [9.17, 15) is 14.7 Å². The van der Waals surface area contributed by atoms with Crippen molar-refractivity contribution >= 4 is 17.6 Å². The number of phenols is 1. The molecule has 7 heteroatoms. The van der Waals surface area contributed by atoms with Crippen LogP contribution in [0.2, 0.25) is 0 Å². The summed E-state index contributed by atoms with van der Waals surface area (Å²) in [5.74, 6) is -1.65. The number of phenolic OH excluding ortho intramolecular Hbond substituents is 1. The minimum absolute atomic E-state index is 0.0725. The van der Waals surface area contributed by atoms with Crippen molar-refractivity contribution in [1.29, 1.82) is 0 Å². The van der Waals surface area contributed by atoms with Crippen molar-refractivity contribution in [1.82, 2.24) is 5.16 Å². The number of anilines is 1. The van der Waals surface area contributed by atoms with Crippen LogP contribution < -0.4 is 5.32 Å². The number of hydrogen-bond donors (Lipinski definition) is 3. The zero-order chi connectivity index (χ0) is 14.0. The van der Waals surface area contributed by atoms with E-state index in [0.29, 0.717) is 5.76 Å². The molecular formula is C12H10N2O5. The van der Waals surface area contributed by atoms with Gasteiger partial charge in [-0.1, -0.05) is 5.16 Å². The Morgan fingerprint density at radius 1 is 1.37 bits per heavy atom. The third kappa shape index (κ3) is 2.54. The van der Waals surface area contributed by atoms with Crippen molar-refractivity contribution in [2.45, 2.75) is 6.92 Å². The van der Waals surface area contributed by atoms with Gasteiger partial charge in [0.2, 0.25) is 0 Å². The summed E-state index contributed by atoms with van der Waals surface area (Å²) in [7, 11) is 0. The summed E-state index contributed by atoms with van der Waals surface area (Å²) in [6, 6.07) is 3.64. The molecule has 0 fully saturated rings. The van der Waals surface area contributed by atoms with Crippen molar-refractivity contribution in [2.75, 3.05) is 5.32 Å². The molecule has 1 aromatic heterocycles. The van der Waals surface area contributed by atoms with Crippen LogP contribution in [-0.4, -0.2) is 27.2 Å². The molecule has 0 bridgehead atoms. The van der Waals surface area contributed by atoms with Gasteiger partial charge in [-0.05, 0) is 25.1 Å². The summed E-state index contributed by atoms with van der Waals surface area (Å²) >= 11 is 0. The van der Waals surface area contributed by atoms with Gasteiger partial charge in [-0.15, -0.1) is 0 Å². The number of nitrogens with zero attached hydrogens (tertiary/aromatic N) is 1. The van der Waals surface area contributed by atoms with E-state index in [-0.39, 0.29) is 22.6 Å². The molecule has 1 amide bonds. The molecule has 98 valence electrons. The number of aromatic hydroxyl groups is 1. The summed E-state index contributed by atoms with van der Waals surface area (Å²) in [6.45, 7) is 1.58.